The summed E-state index contributed by atoms with van der Waals surface area (Å²) in [6.45, 7) is 6.14. The lowest BCUT2D eigenvalue weighted by Gasteiger charge is -2.28. The van der Waals surface area contributed by atoms with Crippen LogP contribution in [0.1, 0.15) is 20.3 Å². The van der Waals surface area contributed by atoms with Gasteiger partial charge in [0.05, 0.1) is 6.10 Å². The third-order valence-electron chi connectivity index (χ3n) is 3.73. The van der Waals surface area contributed by atoms with Gasteiger partial charge in [-0.3, -0.25) is 4.18 Å². The van der Waals surface area contributed by atoms with Gasteiger partial charge in [0.1, 0.15) is 18.3 Å². The molecule has 2 fully saturated rings. The van der Waals surface area contributed by atoms with Crippen molar-refractivity contribution in [1.29, 1.82) is 0 Å². The average molecular weight is 334 g/mol. The Labute approximate surface area is 129 Å². The normalized spacial score (nSPS) is 33.0. The number of carbonyl (C=O) groups is 2. The van der Waals surface area contributed by atoms with E-state index in [0.717, 1.165) is 0 Å². The molecule has 0 saturated carbocycles. The van der Waals surface area contributed by atoms with Crippen molar-refractivity contribution in [2.75, 3.05) is 6.61 Å². The monoisotopic (exact) mass is 334 g/mol. The summed E-state index contributed by atoms with van der Waals surface area (Å²) in [4.78, 5) is 22.8. The molecule has 0 aromatic rings. The first-order chi connectivity index (χ1) is 10.3. The number of hydrogen-bond acceptors (Lipinski definition) is 8. The summed E-state index contributed by atoms with van der Waals surface area (Å²) in [5.41, 5.74) is 0.191. The van der Waals surface area contributed by atoms with Gasteiger partial charge >= 0.3 is 11.9 Å². The molecule has 5 atom stereocenters. The molecule has 0 amide bonds. The minimum absolute atomic E-state index is 0.191. The molecule has 9 heteroatoms. The third-order valence-corrected chi connectivity index (χ3v) is 4.14. The van der Waals surface area contributed by atoms with Crippen molar-refractivity contribution in [2.45, 2.75) is 44.7 Å². The van der Waals surface area contributed by atoms with Crippen molar-refractivity contribution < 1.29 is 36.4 Å². The Kier molecular flexibility index (Phi) is 5.20. The van der Waals surface area contributed by atoms with Gasteiger partial charge in [0.2, 0.25) is 0 Å². The number of ether oxygens (including phenoxy) is 3. The van der Waals surface area contributed by atoms with Crippen LogP contribution in [-0.2, 0) is 39.0 Å². The maximum atomic E-state index is 11.7. The highest BCUT2D eigenvalue weighted by Crippen LogP contribution is 2.42. The van der Waals surface area contributed by atoms with E-state index in [1.54, 1.807) is 6.92 Å². The summed E-state index contributed by atoms with van der Waals surface area (Å²) in [5.74, 6) is -1.57. The SMILES string of the molecule is C=C(C)C(=O)OCC(=O)OC1CC2OC1C(C)C2O[SH](=O)=O. The van der Waals surface area contributed by atoms with Gasteiger partial charge in [0.15, 0.2) is 6.61 Å². The Morgan fingerprint density at radius 1 is 1.36 bits per heavy atom. The zero-order chi connectivity index (χ0) is 16.4. The Hall–Kier alpha value is -1.45. The molecule has 0 radical (unpaired) electrons. The Morgan fingerprint density at radius 3 is 2.59 bits per heavy atom. The first kappa shape index (κ1) is 16.9. The van der Waals surface area contributed by atoms with Crippen LogP contribution in [0.4, 0.5) is 0 Å². The highest BCUT2D eigenvalue weighted by atomic mass is 32.2. The van der Waals surface area contributed by atoms with E-state index in [0.29, 0.717) is 6.42 Å². The number of fused-ring (bicyclic) bond motifs is 2. The van der Waals surface area contributed by atoms with E-state index in [2.05, 4.69) is 6.58 Å². The van der Waals surface area contributed by atoms with Crippen LogP contribution in [-0.4, -0.2) is 51.4 Å². The van der Waals surface area contributed by atoms with Crippen LogP contribution >= 0.6 is 0 Å². The predicted molar refractivity (Wildman–Crippen MR) is 73.3 cm³/mol. The number of carbonyl (C=O) groups excluding carboxylic acids is 2. The van der Waals surface area contributed by atoms with Crippen molar-refractivity contribution in [3.63, 3.8) is 0 Å². The Bertz CT molecular complexity index is 544. The van der Waals surface area contributed by atoms with Gasteiger partial charge in [-0.25, -0.2) is 18.0 Å². The molecule has 2 heterocycles. The van der Waals surface area contributed by atoms with Crippen LogP contribution in [0, 0.1) is 5.92 Å². The zero-order valence-electron chi connectivity index (χ0n) is 12.2. The lowest BCUT2D eigenvalue weighted by Crippen LogP contribution is -2.42. The Morgan fingerprint density at radius 2 is 2.05 bits per heavy atom. The average Bonchev–Trinajstić information content (AvgIpc) is 2.95. The fraction of sp³-hybridized carbons (Fsp3) is 0.692. The summed E-state index contributed by atoms with van der Waals surface area (Å²) < 4.78 is 41.6. The molecule has 2 rings (SSSR count). The lowest BCUT2D eigenvalue weighted by molar-refractivity contribution is -0.163. The van der Waals surface area contributed by atoms with Gasteiger partial charge in [-0.15, -0.1) is 0 Å². The molecular formula is C13H18O8S. The molecular weight excluding hydrogens is 316 g/mol. The van der Waals surface area contributed by atoms with E-state index in [-0.39, 0.29) is 11.5 Å². The maximum absolute atomic E-state index is 11.7. The minimum Gasteiger partial charge on any atom is -0.457 e. The summed E-state index contributed by atoms with van der Waals surface area (Å²) in [6, 6.07) is 0. The van der Waals surface area contributed by atoms with Crippen LogP contribution in [0.15, 0.2) is 12.2 Å². The highest BCUT2D eigenvalue weighted by molar-refractivity contribution is 7.67. The molecule has 2 saturated heterocycles. The van der Waals surface area contributed by atoms with Crippen LogP contribution in [0.5, 0.6) is 0 Å². The first-order valence-corrected chi connectivity index (χ1v) is 7.88. The van der Waals surface area contributed by atoms with E-state index in [1.165, 1.54) is 6.92 Å². The molecule has 2 aliphatic rings. The van der Waals surface area contributed by atoms with Gasteiger partial charge in [-0.2, -0.15) is 0 Å². The molecule has 5 unspecified atom stereocenters. The van der Waals surface area contributed by atoms with Gasteiger partial charge < -0.3 is 14.2 Å². The van der Waals surface area contributed by atoms with Crippen LogP contribution in [0.3, 0.4) is 0 Å². The second-order valence-corrected chi connectivity index (χ2v) is 6.07. The second-order valence-electron chi connectivity index (χ2n) is 5.41. The first-order valence-electron chi connectivity index (χ1n) is 6.78. The number of hydrogen-bond donors (Lipinski definition) is 1. The molecule has 124 valence electrons. The quantitative estimate of drug-likeness (QED) is 0.402. The summed E-state index contributed by atoms with van der Waals surface area (Å²) in [7, 11) is -2.95. The molecule has 0 aromatic carbocycles. The van der Waals surface area contributed by atoms with Gasteiger partial charge in [-0.05, 0) is 6.92 Å². The summed E-state index contributed by atoms with van der Waals surface area (Å²) in [6.07, 6.45) is -1.56. The lowest BCUT2D eigenvalue weighted by atomic mass is 9.86. The standard InChI is InChI=1S/C13H18O8S/c1-6(2)13(15)18-5-10(14)19-8-4-9-12(21-22(16)17)7(3)11(8)20-9/h7-9,11-12,22H,1,4-5H2,2-3H3. The van der Waals surface area contributed by atoms with E-state index in [4.69, 9.17) is 18.4 Å². The van der Waals surface area contributed by atoms with Crippen molar-refractivity contribution >= 4 is 22.9 Å². The third kappa shape index (κ3) is 3.65. The maximum Gasteiger partial charge on any atom is 0.344 e. The topological polar surface area (TPSA) is 105 Å². The molecule has 22 heavy (non-hydrogen) atoms. The molecule has 0 aliphatic carbocycles. The van der Waals surface area contributed by atoms with E-state index < -0.39 is 53.9 Å². The highest BCUT2D eigenvalue weighted by Gasteiger charge is 2.55. The Balaban J connectivity index is 1.83. The molecule has 0 N–H and O–H groups in total. The largest absolute Gasteiger partial charge is 0.457 e. The summed E-state index contributed by atoms with van der Waals surface area (Å²) in [5, 5.41) is 0. The van der Waals surface area contributed by atoms with Crippen LogP contribution in [0.2, 0.25) is 0 Å². The van der Waals surface area contributed by atoms with Crippen molar-refractivity contribution in [3.8, 4) is 0 Å². The zero-order valence-corrected chi connectivity index (χ0v) is 13.1. The molecule has 8 nitrogen and oxygen atoms in total. The van der Waals surface area contributed by atoms with E-state index in [9.17, 15) is 18.0 Å². The van der Waals surface area contributed by atoms with Crippen molar-refractivity contribution in [3.05, 3.63) is 12.2 Å². The van der Waals surface area contributed by atoms with Crippen LogP contribution in [0.25, 0.3) is 0 Å². The van der Waals surface area contributed by atoms with Gasteiger partial charge in [-0.1, -0.05) is 13.5 Å². The molecule has 0 aromatic heterocycles. The molecule has 2 bridgehead atoms. The smallest absolute Gasteiger partial charge is 0.344 e. The molecule has 2 aliphatic heterocycles. The molecule has 0 spiro atoms. The van der Waals surface area contributed by atoms with Crippen molar-refractivity contribution in [2.24, 2.45) is 5.92 Å². The summed E-state index contributed by atoms with van der Waals surface area (Å²) >= 11 is 0. The predicted octanol–water partition coefficient (Wildman–Crippen LogP) is -0.264. The van der Waals surface area contributed by atoms with Crippen LogP contribution < -0.4 is 0 Å². The van der Waals surface area contributed by atoms with Gasteiger partial charge in [0, 0.05) is 17.9 Å². The minimum atomic E-state index is -2.95. The number of thiol groups is 1. The fourth-order valence-corrected chi connectivity index (χ4v) is 3.26. The van der Waals surface area contributed by atoms with Gasteiger partial charge in [0.25, 0.3) is 11.0 Å². The van der Waals surface area contributed by atoms with E-state index in [1.807, 2.05) is 0 Å². The fourth-order valence-electron chi connectivity index (χ4n) is 2.74. The second kappa shape index (κ2) is 6.76. The van der Waals surface area contributed by atoms with Crippen molar-refractivity contribution in [1.82, 2.24) is 0 Å². The van der Waals surface area contributed by atoms with E-state index >= 15 is 0 Å². The number of esters is 2. The number of rotatable bonds is 6.